The number of nitro groups is 1. The summed E-state index contributed by atoms with van der Waals surface area (Å²) in [5.41, 5.74) is 7.13. The number of aromatic nitrogens is 2. The summed E-state index contributed by atoms with van der Waals surface area (Å²) in [6.45, 7) is 0.541. The zero-order chi connectivity index (χ0) is 14.3. The second-order valence-electron chi connectivity index (χ2n) is 5.00. The molecule has 0 unspecified atom stereocenters. The zero-order valence-electron chi connectivity index (χ0n) is 10.6. The number of nitrogens with two attached hydrogens (primary N) is 1. The zero-order valence-corrected chi connectivity index (χ0v) is 12.2. The first-order valence-corrected chi connectivity index (χ1v) is 7.06. The van der Waals surface area contributed by atoms with Crippen molar-refractivity contribution in [1.29, 1.82) is 0 Å². The van der Waals surface area contributed by atoms with Gasteiger partial charge in [-0.15, -0.1) is 0 Å². The standard InChI is InChI=1S/C13H13BrN4O2/c14-9-7-17(16-12(9)13(8-15)5-6-13)10-3-1-2-4-11(10)18(19)20/h1-4,7H,5-6,8,15H2. The molecule has 0 spiro atoms. The number of benzene rings is 1. The Balaban J connectivity index is 2.09. The number of halogens is 1. The average Bonchev–Trinajstić information content (AvgIpc) is 3.15. The van der Waals surface area contributed by atoms with Gasteiger partial charge in [-0.3, -0.25) is 10.1 Å². The number of rotatable bonds is 4. The largest absolute Gasteiger partial charge is 0.330 e. The Hall–Kier alpha value is -1.73. The average molecular weight is 337 g/mol. The van der Waals surface area contributed by atoms with E-state index in [0.29, 0.717) is 12.2 Å². The molecule has 0 atom stereocenters. The van der Waals surface area contributed by atoms with Gasteiger partial charge in [0, 0.05) is 24.2 Å². The second kappa shape index (κ2) is 4.68. The molecule has 1 fully saturated rings. The van der Waals surface area contributed by atoms with E-state index in [9.17, 15) is 10.1 Å². The second-order valence-corrected chi connectivity index (χ2v) is 5.85. The Kier molecular flexibility index (Phi) is 3.10. The number of hydrogen-bond donors (Lipinski definition) is 1. The normalized spacial score (nSPS) is 16.1. The van der Waals surface area contributed by atoms with Gasteiger partial charge >= 0.3 is 0 Å². The van der Waals surface area contributed by atoms with Crippen molar-refractivity contribution in [3.8, 4) is 5.69 Å². The van der Waals surface area contributed by atoms with Gasteiger partial charge in [0.1, 0.15) is 5.69 Å². The smallest absolute Gasteiger partial charge is 0.294 e. The summed E-state index contributed by atoms with van der Waals surface area (Å²) in [6, 6.07) is 6.56. The highest BCUT2D eigenvalue weighted by Gasteiger charge is 2.46. The maximum absolute atomic E-state index is 11.1. The Bertz CT molecular complexity index is 679. The van der Waals surface area contributed by atoms with Crippen LogP contribution in [0.4, 0.5) is 5.69 Å². The maximum Gasteiger partial charge on any atom is 0.294 e. The minimum absolute atomic E-state index is 0.0339. The summed E-state index contributed by atoms with van der Waals surface area (Å²) in [7, 11) is 0. The van der Waals surface area contributed by atoms with Crippen LogP contribution in [0.1, 0.15) is 18.5 Å². The minimum Gasteiger partial charge on any atom is -0.330 e. The number of nitro benzene ring substituents is 1. The third kappa shape index (κ3) is 2.03. The summed E-state index contributed by atoms with van der Waals surface area (Å²) < 4.78 is 2.39. The van der Waals surface area contributed by atoms with Gasteiger partial charge in [0.05, 0.1) is 15.1 Å². The van der Waals surface area contributed by atoms with Crippen molar-refractivity contribution in [3.05, 3.63) is 50.7 Å². The van der Waals surface area contributed by atoms with Crippen LogP contribution in [0.3, 0.4) is 0 Å². The van der Waals surface area contributed by atoms with Gasteiger partial charge in [-0.25, -0.2) is 4.68 Å². The van der Waals surface area contributed by atoms with Crippen LogP contribution in [-0.4, -0.2) is 21.2 Å². The molecule has 1 aromatic heterocycles. The van der Waals surface area contributed by atoms with Crippen molar-refractivity contribution in [2.45, 2.75) is 18.3 Å². The van der Waals surface area contributed by atoms with E-state index in [-0.39, 0.29) is 11.1 Å². The Morgan fingerprint density at radius 1 is 1.45 bits per heavy atom. The lowest BCUT2D eigenvalue weighted by Crippen LogP contribution is -2.21. The fourth-order valence-electron chi connectivity index (χ4n) is 2.34. The molecule has 1 saturated carbocycles. The molecule has 0 amide bonds. The molecule has 2 N–H and O–H groups in total. The van der Waals surface area contributed by atoms with Crippen molar-refractivity contribution < 1.29 is 4.92 Å². The van der Waals surface area contributed by atoms with Crippen LogP contribution in [0.5, 0.6) is 0 Å². The molecule has 2 aromatic rings. The van der Waals surface area contributed by atoms with Gasteiger partial charge in [0.15, 0.2) is 0 Å². The Morgan fingerprint density at radius 3 is 2.75 bits per heavy atom. The molecule has 1 aliphatic carbocycles. The quantitative estimate of drug-likeness (QED) is 0.686. The van der Waals surface area contributed by atoms with E-state index < -0.39 is 4.92 Å². The van der Waals surface area contributed by atoms with Crippen LogP contribution in [0, 0.1) is 10.1 Å². The summed E-state index contributed by atoms with van der Waals surface area (Å²) in [4.78, 5) is 10.7. The number of para-hydroxylation sites is 2. The van der Waals surface area contributed by atoms with Crippen LogP contribution >= 0.6 is 15.9 Å². The van der Waals surface area contributed by atoms with Crippen molar-refractivity contribution in [2.24, 2.45) is 5.73 Å². The molecule has 1 heterocycles. The molecule has 1 aliphatic rings. The minimum atomic E-state index is -0.402. The molecule has 20 heavy (non-hydrogen) atoms. The molecule has 0 aliphatic heterocycles. The van der Waals surface area contributed by atoms with Crippen molar-refractivity contribution in [3.63, 3.8) is 0 Å². The van der Waals surface area contributed by atoms with Gasteiger partial charge in [-0.2, -0.15) is 5.10 Å². The summed E-state index contributed by atoms with van der Waals surface area (Å²) >= 11 is 3.48. The van der Waals surface area contributed by atoms with Gasteiger partial charge in [0.25, 0.3) is 5.69 Å². The third-order valence-electron chi connectivity index (χ3n) is 3.74. The Labute approximate surface area is 123 Å². The number of hydrogen-bond acceptors (Lipinski definition) is 4. The molecule has 104 valence electrons. The van der Waals surface area contributed by atoms with E-state index in [1.54, 1.807) is 29.1 Å². The Morgan fingerprint density at radius 2 is 2.15 bits per heavy atom. The summed E-state index contributed by atoms with van der Waals surface area (Å²) in [5.74, 6) is 0. The van der Waals surface area contributed by atoms with Gasteiger partial charge in [0.2, 0.25) is 0 Å². The van der Waals surface area contributed by atoms with E-state index in [4.69, 9.17) is 5.73 Å². The lowest BCUT2D eigenvalue weighted by Gasteiger charge is -2.09. The van der Waals surface area contributed by atoms with Crippen LogP contribution in [0.25, 0.3) is 5.69 Å². The molecular formula is C13H13BrN4O2. The summed E-state index contributed by atoms with van der Waals surface area (Å²) in [5, 5.41) is 15.6. The van der Waals surface area contributed by atoms with Crippen LogP contribution < -0.4 is 5.73 Å². The lowest BCUT2D eigenvalue weighted by atomic mass is 10.0. The molecule has 7 heteroatoms. The maximum atomic E-state index is 11.1. The fraction of sp³-hybridized carbons (Fsp3) is 0.308. The predicted octanol–water partition coefficient (Wildman–Crippen LogP) is 2.53. The van der Waals surface area contributed by atoms with E-state index in [0.717, 1.165) is 23.0 Å². The highest BCUT2D eigenvalue weighted by Crippen LogP contribution is 2.49. The number of nitrogens with zero attached hydrogens (tertiary/aromatic N) is 3. The predicted molar refractivity (Wildman–Crippen MR) is 77.9 cm³/mol. The van der Waals surface area contributed by atoms with Crippen LogP contribution in [-0.2, 0) is 5.41 Å². The van der Waals surface area contributed by atoms with E-state index in [1.165, 1.54) is 6.07 Å². The van der Waals surface area contributed by atoms with E-state index >= 15 is 0 Å². The van der Waals surface area contributed by atoms with Crippen LogP contribution in [0.15, 0.2) is 34.9 Å². The van der Waals surface area contributed by atoms with Crippen molar-refractivity contribution in [2.75, 3.05) is 6.54 Å². The molecule has 1 aromatic carbocycles. The van der Waals surface area contributed by atoms with Gasteiger partial charge in [-0.05, 0) is 34.8 Å². The lowest BCUT2D eigenvalue weighted by molar-refractivity contribution is -0.384. The molecule has 0 bridgehead atoms. The highest BCUT2D eigenvalue weighted by molar-refractivity contribution is 9.10. The first-order valence-electron chi connectivity index (χ1n) is 6.27. The van der Waals surface area contributed by atoms with Crippen molar-refractivity contribution >= 4 is 21.6 Å². The highest BCUT2D eigenvalue weighted by atomic mass is 79.9. The fourth-order valence-corrected chi connectivity index (χ4v) is 3.03. The van der Waals surface area contributed by atoms with Crippen LogP contribution in [0.2, 0.25) is 0 Å². The van der Waals surface area contributed by atoms with E-state index in [1.807, 2.05) is 0 Å². The summed E-state index contributed by atoms with van der Waals surface area (Å²) in [6.07, 6.45) is 3.78. The van der Waals surface area contributed by atoms with Crippen molar-refractivity contribution in [1.82, 2.24) is 9.78 Å². The molecular weight excluding hydrogens is 324 g/mol. The monoisotopic (exact) mass is 336 g/mol. The molecule has 0 saturated heterocycles. The molecule has 6 nitrogen and oxygen atoms in total. The SMILES string of the molecule is NCC1(c2nn(-c3ccccc3[N+](=O)[O-])cc2Br)CC1. The van der Waals surface area contributed by atoms with Gasteiger partial charge < -0.3 is 5.73 Å². The topological polar surface area (TPSA) is 87.0 Å². The molecule has 3 rings (SSSR count). The first kappa shape index (κ1) is 13.3. The molecule has 0 radical (unpaired) electrons. The van der Waals surface area contributed by atoms with Gasteiger partial charge in [-0.1, -0.05) is 12.1 Å². The first-order chi connectivity index (χ1) is 9.57. The third-order valence-corrected chi connectivity index (χ3v) is 4.32. The van der Waals surface area contributed by atoms with E-state index in [2.05, 4.69) is 21.0 Å².